The van der Waals surface area contributed by atoms with Crippen LogP contribution >= 0.6 is 11.8 Å². The zero-order valence-corrected chi connectivity index (χ0v) is 13.6. The molecule has 0 N–H and O–H groups in total. The Morgan fingerprint density at radius 1 is 1.10 bits per heavy atom. The molecule has 5 heteroatoms. The molecular formula is C16H22O4S. The van der Waals surface area contributed by atoms with Gasteiger partial charge in [-0.15, -0.1) is 11.8 Å². The number of methoxy groups -OCH3 is 2. The number of hydrogen-bond donors (Lipinski definition) is 0. The normalized spacial score (nSPS) is 11.8. The molecule has 0 heterocycles. The maximum atomic E-state index is 11.8. The molecule has 0 spiro atoms. The van der Waals surface area contributed by atoms with E-state index in [2.05, 4.69) is 11.7 Å². The second kappa shape index (κ2) is 9.45. The summed E-state index contributed by atoms with van der Waals surface area (Å²) >= 11 is 1.47. The van der Waals surface area contributed by atoms with Gasteiger partial charge < -0.3 is 9.47 Å². The van der Waals surface area contributed by atoms with E-state index in [1.165, 1.54) is 26.0 Å². The largest absolute Gasteiger partial charge is 0.468 e. The van der Waals surface area contributed by atoms with E-state index in [1.54, 1.807) is 12.1 Å². The van der Waals surface area contributed by atoms with Crippen LogP contribution in [0.2, 0.25) is 0 Å². The Balaban J connectivity index is 2.69. The second-order valence-electron chi connectivity index (χ2n) is 4.64. The lowest BCUT2D eigenvalue weighted by Gasteiger charge is -2.14. The smallest absolute Gasteiger partial charge is 0.337 e. The fourth-order valence-corrected chi connectivity index (χ4v) is 2.99. The van der Waals surface area contributed by atoms with Crippen molar-refractivity contribution in [3.05, 3.63) is 29.8 Å². The van der Waals surface area contributed by atoms with Gasteiger partial charge in [-0.05, 0) is 30.7 Å². The van der Waals surface area contributed by atoms with Gasteiger partial charge in [0.15, 0.2) is 0 Å². The number of unbranched alkanes of at least 4 members (excludes halogenated alkanes) is 2. The number of esters is 2. The minimum Gasteiger partial charge on any atom is -0.468 e. The summed E-state index contributed by atoms with van der Waals surface area (Å²) in [6.45, 7) is 2.13. The Morgan fingerprint density at radius 3 is 2.29 bits per heavy atom. The number of thioether (sulfide) groups is 1. The fraction of sp³-hybridized carbons (Fsp3) is 0.500. The Kier molecular flexibility index (Phi) is 7.90. The van der Waals surface area contributed by atoms with Gasteiger partial charge in [-0.3, -0.25) is 4.79 Å². The average molecular weight is 310 g/mol. The maximum absolute atomic E-state index is 11.8. The van der Waals surface area contributed by atoms with E-state index in [4.69, 9.17) is 4.74 Å². The zero-order valence-electron chi connectivity index (χ0n) is 12.8. The molecule has 0 aliphatic carbocycles. The van der Waals surface area contributed by atoms with Crippen molar-refractivity contribution in [3.63, 3.8) is 0 Å². The molecular weight excluding hydrogens is 288 g/mol. The molecule has 21 heavy (non-hydrogen) atoms. The first-order valence-corrected chi connectivity index (χ1v) is 7.93. The highest BCUT2D eigenvalue weighted by molar-refractivity contribution is 8.00. The summed E-state index contributed by atoms with van der Waals surface area (Å²) in [5.74, 6) is -0.563. The SMILES string of the molecule is CCCCCC(Sc1ccc(C(=O)OC)cc1)C(=O)OC. The highest BCUT2D eigenvalue weighted by Gasteiger charge is 2.20. The number of benzene rings is 1. The highest BCUT2D eigenvalue weighted by Crippen LogP contribution is 2.28. The van der Waals surface area contributed by atoms with Crippen LogP contribution in [0.5, 0.6) is 0 Å². The standard InChI is InChI=1S/C16H22O4S/c1-4-5-6-7-14(16(18)20-3)21-13-10-8-12(9-11-13)15(17)19-2/h8-11,14H,4-7H2,1-3H3. The van der Waals surface area contributed by atoms with Crippen LogP contribution in [0.25, 0.3) is 0 Å². The molecule has 0 bridgehead atoms. The third-order valence-corrected chi connectivity index (χ3v) is 4.34. The molecule has 0 radical (unpaired) electrons. The Hall–Kier alpha value is -1.49. The highest BCUT2D eigenvalue weighted by atomic mass is 32.2. The summed E-state index contributed by atoms with van der Waals surface area (Å²) in [7, 11) is 2.77. The van der Waals surface area contributed by atoms with Crippen molar-refractivity contribution in [1.82, 2.24) is 0 Å². The van der Waals surface area contributed by atoms with Crippen LogP contribution in [0, 0.1) is 0 Å². The molecule has 1 atom stereocenters. The molecule has 0 saturated heterocycles. The average Bonchev–Trinajstić information content (AvgIpc) is 2.53. The second-order valence-corrected chi connectivity index (χ2v) is 5.92. The molecule has 0 aliphatic rings. The number of rotatable bonds is 8. The molecule has 4 nitrogen and oxygen atoms in total. The van der Waals surface area contributed by atoms with Crippen LogP contribution in [0.3, 0.4) is 0 Å². The lowest BCUT2D eigenvalue weighted by atomic mass is 10.1. The van der Waals surface area contributed by atoms with Crippen molar-refractivity contribution in [2.24, 2.45) is 0 Å². The molecule has 0 saturated carbocycles. The third kappa shape index (κ3) is 5.79. The van der Waals surface area contributed by atoms with Crippen molar-refractivity contribution in [1.29, 1.82) is 0 Å². The van der Waals surface area contributed by atoms with Gasteiger partial charge in [-0.1, -0.05) is 26.2 Å². The van der Waals surface area contributed by atoms with Crippen LogP contribution in [0.15, 0.2) is 29.2 Å². The van der Waals surface area contributed by atoms with Crippen molar-refractivity contribution < 1.29 is 19.1 Å². The van der Waals surface area contributed by atoms with Crippen molar-refractivity contribution in [2.45, 2.75) is 42.8 Å². The maximum Gasteiger partial charge on any atom is 0.337 e. The van der Waals surface area contributed by atoms with Gasteiger partial charge in [0, 0.05) is 4.90 Å². The van der Waals surface area contributed by atoms with Crippen LogP contribution < -0.4 is 0 Å². The Morgan fingerprint density at radius 2 is 1.76 bits per heavy atom. The summed E-state index contributed by atoms with van der Waals surface area (Å²) in [6, 6.07) is 7.06. The lowest BCUT2D eigenvalue weighted by molar-refractivity contribution is -0.140. The van der Waals surface area contributed by atoms with Gasteiger partial charge in [-0.2, -0.15) is 0 Å². The van der Waals surface area contributed by atoms with Gasteiger partial charge in [0.2, 0.25) is 0 Å². The van der Waals surface area contributed by atoms with Crippen LogP contribution in [0.4, 0.5) is 0 Å². The molecule has 0 fully saturated rings. The predicted molar refractivity (Wildman–Crippen MR) is 83.6 cm³/mol. The van der Waals surface area contributed by atoms with Gasteiger partial charge in [0.05, 0.1) is 19.8 Å². The Labute approximate surface area is 130 Å². The summed E-state index contributed by atoms with van der Waals surface area (Å²) in [5.41, 5.74) is 0.502. The predicted octanol–water partition coefficient (Wildman–Crippen LogP) is 3.69. The minimum absolute atomic E-state index is 0.201. The summed E-state index contributed by atoms with van der Waals surface area (Å²) in [4.78, 5) is 24.1. The van der Waals surface area contributed by atoms with E-state index >= 15 is 0 Å². The van der Waals surface area contributed by atoms with E-state index in [-0.39, 0.29) is 17.2 Å². The van der Waals surface area contributed by atoms with E-state index < -0.39 is 0 Å². The molecule has 1 aromatic rings. The number of carbonyl (C=O) groups is 2. The van der Waals surface area contributed by atoms with E-state index in [0.717, 1.165) is 30.6 Å². The molecule has 0 aromatic heterocycles. The van der Waals surface area contributed by atoms with Crippen molar-refractivity contribution >= 4 is 23.7 Å². The summed E-state index contributed by atoms with van der Waals surface area (Å²) < 4.78 is 9.52. The quantitative estimate of drug-likeness (QED) is 0.416. The van der Waals surface area contributed by atoms with Crippen LogP contribution in [-0.2, 0) is 14.3 Å². The first-order valence-electron chi connectivity index (χ1n) is 7.05. The fourth-order valence-electron chi connectivity index (χ4n) is 1.89. The van der Waals surface area contributed by atoms with E-state index in [0.29, 0.717) is 5.56 Å². The molecule has 1 rings (SSSR count). The summed E-state index contributed by atoms with van der Waals surface area (Å²) in [5, 5.41) is -0.203. The number of carbonyl (C=O) groups excluding carboxylic acids is 2. The number of ether oxygens (including phenoxy) is 2. The molecule has 1 unspecified atom stereocenters. The first-order chi connectivity index (χ1) is 10.1. The first kappa shape index (κ1) is 17.6. The van der Waals surface area contributed by atoms with Gasteiger partial charge >= 0.3 is 11.9 Å². The topological polar surface area (TPSA) is 52.6 Å². The monoisotopic (exact) mass is 310 g/mol. The van der Waals surface area contributed by atoms with Gasteiger partial charge in [-0.25, -0.2) is 4.79 Å². The van der Waals surface area contributed by atoms with Gasteiger partial charge in [0.25, 0.3) is 0 Å². The van der Waals surface area contributed by atoms with E-state index in [9.17, 15) is 9.59 Å². The van der Waals surface area contributed by atoms with Crippen LogP contribution in [-0.4, -0.2) is 31.4 Å². The zero-order chi connectivity index (χ0) is 15.7. The number of hydrogen-bond acceptors (Lipinski definition) is 5. The summed E-state index contributed by atoms with van der Waals surface area (Å²) in [6.07, 6.45) is 4.02. The Bertz CT molecular complexity index is 456. The third-order valence-electron chi connectivity index (χ3n) is 3.09. The molecule has 116 valence electrons. The lowest BCUT2D eigenvalue weighted by Crippen LogP contribution is -2.18. The minimum atomic E-state index is -0.362. The molecule has 1 aromatic carbocycles. The van der Waals surface area contributed by atoms with E-state index in [1.807, 2.05) is 12.1 Å². The molecule has 0 amide bonds. The molecule has 0 aliphatic heterocycles. The van der Waals surface area contributed by atoms with Crippen molar-refractivity contribution in [3.8, 4) is 0 Å². The van der Waals surface area contributed by atoms with Gasteiger partial charge in [0.1, 0.15) is 5.25 Å². The van der Waals surface area contributed by atoms with Crippen molar-refractivity contribution in [2.75, 3.05) is 14.2 Å². The van der Waals surface area contributed by atoms with Crippen LogP contribution in [0.1, 0.15) is 43.0 Å².